The molecule has 1 saturated heterocycles. The zero-order valence-corrected chi connectivity index (χ0v) is 12.9. The van der Waals surface area contributed by atoms with Crippen LogP contribution in [0.2, 0.25) is 0 Å². The lowest BCUT2D eigenvalue weighted by atomic mass is 9.90. The maximum absolute atomic E-state index is 12.3. The Bertz CT molecular complexity index is 467. The van der Waals surface area contributed by atoms with Gasteiger partial charge in [-0.3, -0.25) is 4.79 Å². The third-order valence-electron chi connectivity index (χ3n) is 3.94. The van der Waals surface area contributed by atoms with Crippen LogP contribution in [0.5, 0.6) is 5.75 Å². The first-order chi connectivity index (χ1) is 9.08. The van der Waals surface area contributed by atoms with Crippen LogP contribution >= 0.6 is 12.4 Å². The minimum Gasteiger partial charge on any atom is -0.496 e. The fourth-order valence-corrected chi connectivity index (χ4v) is 2.53. The average molecular weight is 299 g/mol. The summed E-state index contributed by atoms with van der Waals surface area (Å²) in [5, 5.41) is 0. The second kappa shape index (κ2) is 6.95. The SMILES string of the molecule is COc1ccccc1CC(=O)N1CCC(C)(CN)C1.Cl. The molecule has 2 rings (SSSR count). The van der Waals surface area contributed by atoms with E-state index in [1.54, 1.807) is 7.11 Å². The maximum atomic E-state index is 12.3. The molecule has 112 valence electrons. The zero-order chi connectivity index (χ0) is 13.9. The van der Waals surface area contributed by atoms with Gasteiger partial charge in [0.25, 0.3) is 0 Å². The van der Waals surface area contributed by atoms with Crippen LogP contribution < -0.4 is 10.5 Å². The van der Waals surface area contributed by atoms with E-state index in [0.29, 0.717) is 13.0 Å². The Morgan fingerprint density at radius 1 is 1.45 bits per heavy atom. The smallest absolute Gasteiger partial charge is 0.227 e. The number of halogens is 1. The molecule has 1 aromatic carbocycles. The van der Waals surface area contributed by atoms with Crippen LogP contribution in [-0.4, -0.2) is 37.6 Å². The van der Waals surface area contributed by atoms with Crippen molar-refractivity contribution in [1.29, 1.82) is 0 Å². The molecule has 0 radical (unpaired) electrons. The number of amides is 1. The standard InChI is InChI=1S/C15H22N2O2.ClH/c1-15(10-16)7-8-17(11-15)14(18)9-12-5-3-4-6-13(12)19-2;/h3-6H,7-11,16H2,1-2H3;1H. The van der Waals surface area contributed by atoms with Crippen LogP contribution in [-0.2, 0) is 11.2 Å². The minimum atomic E-state index is 0. The van der Waals surface area contributed by atoms with Gasteiger partial charge in [0.2, 0.25) is 5.91 Å². The van der Waals surface area contributed by atoms with Crippen molar-refractivity contribution in [3.63, 3.8) is 0 Å². The van der Waals surface area contributed by atoms with Crippen molar-refractivity contribution in [2.45, 2.75) is 19.8 Å². The molecule has 1 fully saturated rings. The Kier molecular flexibility index (Phi) is 5.84. The molecule has 0 bridgehead atoms. The Labute approximate surface area is 126 Å². The molecule has 0 aromatic heterocycles. The number of para-hydroxylation sites is 1. The maximum Gasteiger partial charge on any atom is 0.227 e. The first kappa shape index (κ1) is 16.8. The molecule has 1 aliphatic rings. The highest BCUT2D eigenvalue weighted by Gasteiger charge is 2.34. The van der Waals surface area contributed by atoms with Crippen molar-refractivity contribution in [1.82, 2.24) is 4.90 Å². The van der Waals surface area contributed by atoms with Crippen molar-refractivity contribution >= 4 is 18.3 Å². The summed E-state index contributed by atoms with van der Waals surface area (Å²) in [5.74, 6) is 0.929. The molecule has 20 heavy (non-hydrogen) atoms. The lowest BCUT2D eigenvalue weighted by Gasteiger charge is -2.22. The molecule has 0 spiro atoms. The van der Waals surface area contributed by atoms with Gasteiger partial charge in [0.05, 0.1) is 13.5 Å². The molecule has 1 aromatic rings. The van der Waals surface area contributed by atoms with Crippen molar-refractivity contribution in [2.24, 2.45) is 11.1 Å². The Balaban J connectivity index is 0.00000200. The number of hydrogen-bond acceptors (Lipinski definition) is 3. The summed E-state index contributed by atoms with van der Waals surface area (Å²) in [6.45, 7) is 4.34. The van der Waals surface area contributed by atoms with Crippen molar-refractivity contribution in [2.75, 3.05) is 26.7 Å². The van der Waals surface area contributed by atoms with E-state index >= 15 is 0 Å². The fraction of sp³-hybridized carbons (Fsp3) is 0.533. The number of hydrogen-bond donors (Lipinski definition) is 1. The highest BCUT2D eigenvalue weighted by molar-refractivity contribution is 5.85. The highest BCUT2D eigenvalue weighted by Crippen LogP contribution is 2.29. The second-order valence-corrected chi connectivity index (χ2v) is 5.57. The molecule has 2 N–H and O–H groups in total. The largest absolute Gasteiger partial charge is 0.496 e. The van der Waals surface area contributed by atoms with E-state index in [0.717, 1.165) is 30.8 Å². The Morgan fingerprint density at radius 3 is 2.75 bits per heavy atom. The van der Waals surface area contributed by atoms with Gasteiger partial charge in [0.1, 0.15) is 5.75 Å². The number of ether oxygens (including phenoxy) is 1. The summed E-state index contributed by atoms with van der Waals surface area (Å²) in [6, 6.07) is 7.67. The molecule has 1 atom stereocenters. The predicted molar refractivity (Wildman–Crippen MR) is 82.3 cm³/mol. The first-order valence-corrected chi connectivity index (χ1v) is 6.68. The molecule has 1 amide bonds. The van der Waals surface area contributed by atoms with Crippen LogP contribution in [0.15, 0.2) is 24.3 Å². The van der Waals surface area contributed by atoms with Gasteiger partial charge < -0.3 is 15.4 Å². The molecule has 0 aliphatic carbocycles. The van der Waals surface area contributed by atoms with Gasteiger partial charge in [-0.15, -0.1) is 12.4 Å². The molecule has 1 aliphatic heterocycles. The van der Waals surface area contributed by atoms with E-state index < -0.39 is 0 Å². The van der Waals surface area contributed by atoms with Gasteiger partial charge in [0.15, 0.2) is 0 Å². The van der Waals surface area contributed by atoms with E-state index in [4.69, 9.17) is 10.5 Å². The van der Waals surface area contributed by atoms with E-state index in [1.165, 1.54) is 0 Å². The van der Waals surface area contributed by atoms with Gasteiger partial charge in [0, 0.05) is 18.7 Å². The first-order valence-electron chi connectivity index (χ1n) is 6.68. The van der Waals surface area contributed by atoms with Gasteiger partial charge in [-0.05, 0) is 24.4 Å². The van der Waals surface area contributed by atoms with Crippen LogP contribution in [0.3, 0.4) is 0 Å². The molecular weight excluding hydrogens is 276 g/mol. The van der Waals surface area contributed by atoms with Crippen molar-refractivity contribution in [3.8, 4) is 5.75 Å². The summed E-state index contributed by atoms with van der Waals surface area (Å²) >= 11 is 0. The van der Waals surface area contributed by atoms with Gasteiger partial charge in [-0.2, -0.15) is 0 Å². The van der Waals surface area contributed by atoms with Crippen LogP contribution in [0.4, 0.5) is 0 Å². The Morgan fingerprint density at radius 2 is 2.15 bits per heavy atom. The average Bonchev–Trinajstić information content (AvgIpc) is 2.83. The molecule has 0 saturated carbocycles. The normalized spacial score (nSPS) is 21.4. The predicted octanol–water partition coefficient (Wildman–Crippen LogP) is 1.86. The molecule has 5 heteroatoms. The third-order valence-corrected chi connectivity index (χ3v) is 3.94. The molecular formula is C15H23ClN2O2. The number of methoxy groups -OCH3 is 1. The Hall–Kier alpha value is -1.26. The monoisotopic (exact) mass is 298 g/mol. The third kappa shape index (κ3) is 3.64. The summed E-state index contributed by atoms with van der Waals surface area (Å²) in [4.78, 5) is 14.2. The van der Waals surface area contributed by atoms with Gasteiger partial charge >= 0.3 is 0 Å². The van der Waals surface area contributed by atoms with Crippen molar-refractivity contribution < 1.29 is 9.53 Å². The van der Waals surface area contributed by atoms with Gasteiger partial charge in [-0.25, -0.2) is 0 Å². The molecule has 1 heterocycles. The quantitative estimate of drug-likeness (QED) is 0.923. The van der Waals surface area contributed by atoms with E-state index in [2.05, 4.69) is 6.92 Å². The topological polar surface area (TPSA) is 55.6 Å². The second-order valence-electron chi connectivity index (χ2n) is 5.57. The van der Waals surface area contributed by atoms with E-state index in [9.17, 15) is 4.79 Å². The summed E-state index contributed by atoms with van der Waals surface area (Å²) < 4.78 is 5.28. The minimum absolute atomic E-state index is 0. The fourth-order valence-electron chi connectivity index (χ4n) is 2.53. The van der Waals surface area contributed by atoms with E-state index in [-0.39, 0.29) is 23.7 Å². The van der Waals surface area contributed by atoms with Crippen LogP contribution in [0.1, 0.15) is 18.9 Å². The number of carbonyl (C=O) groups excluding carboxylic acids is 1. The summed E-state index contributed by atoms with van der Waals surface area (Å²) in [6.07, 6.45) is 1.38. The number of likely N-dealkylation sites (tertiary alicyclic amines) is 1. The van der Waals surface area contributed by atoms with Crippen LogP contribution in [0, 0.1) is 5.41 Å². The number of nitrogens with two attached hydrogens (primary N) is 1. The zero-order valence-electron chi connectivity index (χ0n) is 12.1. The van der Waals surface area contributed by atoms with Gasteiger partial charge in [-0.1, -0.05) is 25.1 Å². The van der Waals surface area contributed by atoms with Crippen molar-refractivity contribution in [3.05, 3.63) is 29.8 Å². The van der Waals surface area contributed by atoms with E-state index in [1.807, 2.05) is 29.2 Å². The molecule has 4 nitrogen and oxygen atoms in total. The number of benzene rings is 1. The highest BCUT2D eigenvalue weighted by atomic mass is 35.5. The lowest BCUT2D eigenvalue weighted by molar-refractivity contribution is -0.129. The number of nitrogens with zero attached hydrogens (tertiary/aromatic N) is 1. The summed E-state index contributed by atoms with van der Waals surface area (Å²) in [5.41, 5.74) is 6.79. The number of rotatable bonds is 4. The van der Waals surface area contributed by atoms with Crippen LogP contribution in [0.25, 0.3) is 0 Å². The number of carbonyl (C=O) groups is 1. The molecule has 1 unspecified atom stereocenters. The lowest BCUT2D eigenvalue weighted by Crippen LogP contribution is -2.35. The summed E-state index contributed by atoms with van der Waals surface area (Å²) in [7, 11) is 1.63.